The average molecular weight is 318 g/mol. The summed E-state index contributed by atoms with van der Waals surface area (Å²) in [7, 11) is -1.34. The smallest absolute Gasteiger partial charge is 0.240 e. The Hall–Kier alpha value is -0.660. The van der Waals surface area contributed by atoms with Crippen molar-refractivity contribution in [1.29, 1.82) is 0 Å². The molecule has 0 spiro atoms. The summed E-state index contributed by atoms with van der Waals surface area (Å²) in [6, 6.07) is 6.19. The molecule has 0 aliphatic carbocycles. The molecule has 0 bridgehead atoms. The van der Waals surface area contributed by atoms with E-state index in [1.165, 1.54) is 12.1 Å². The maximum absolute atomic E-state index is 12.1. The Morgan fingerprint density at radius 2 is 1.75 bits per heavy atom. The van der Waals surface area contributed by atoms with Gasteiger partial charge in [0.1, 0.15) is 0 Å². The Kier molecular flexibility index (Phi) is 5.40. The second-order valence-electron chi connectivity index (χ2n) is 5.00. The number of benzene rings is 1. The maximum Gasteiger partial charge on any atom is 0.240 e. The molecule has 0 radical (unpaired) electrons. The fourth-order valence-corrected chi connectivity index (χ4v) is 3.25. The zero-order valence-electron chi connectivity index (χ0n) is 11.5. The van der Waals surface area contributed by atoms with Crippen molar-refractivity contribution in [2.75, 3.05) is 46.3 Å². The lowest BCUT2D eigenvalue weighted by Gasteiger charge is -2.32. The van der Waals surface area contributed by atoms with Crippen molar-refractivity contribution >= 4 is 21.6 Å². The van der Waals surface area contributed by atoms with Crippen LogP contribution >= 0.6 is 11.6 Å². The van der Waals surface area contributed by atoms with Crippen LogP contribution in [0.1, 0.15) is 0 Å². The van der Waals surface area contributed by atoms with Crippen molar-refractivity contribution in [2.45, 2.75) is 4.90 Å². The van der Waals surface area contributed by atoms with Crippen LogP contribution in [-0.4, -0.2) is 64.5 Å². The van der Waals surface area contributed by atoms with Gasteiger partial charge in [-0.2, -0.15) is 0 Å². The summed E-state index contributed by atoms with van der Waals surface area (Å²) in [4.78, 5) is 4.79. The number of piperazine rings is 1. The van der Waals surface area contributed by atoms with E-state index in [1.807, 2.05) is 0 Å². The van der Waals surface area contributed by atoms with E-state index in [0.29, 0.717) is 11.6 Å². The van der Waals surface area contributed by atoms with Crippen molar-refractivity contribution in [3.05, 3.63) is 29.3 Å². The van der Waals surface area contributed by atoms with Gasteiger partial charge in [0, 0.05) is 44.3 Å². The van der Waals surface area contributed by atoms with Gasteiger partial charge in [0.15, 0.2) is 0 Å². The third-order valence-corrected chi connectivity index (χ3v) is 5.17. The first-order valence-electron chi connectivity index (χ1n) is 6.63. The molecule has 1 heterocycles. The molecule has 20 heavy (non-hydrogen) atoms. The SMILES string of the molecule is CN1CCN(CCNS(=O)(=O)c2ccc(Cl)cc2)CC1. The highest BCUT2D eigenvalue weighted by Crippen LogP contribution is 2.13. The molecule has 1 aliphatic rings. The second-order valence-corrected chi connectivity index (χ2v) is 7.20. The first-order valence-corrected chi connectivity index (χ1v) is 8.49. The number of hydrogen-bond acceptors (Lipinski definition) is 4. The predicted octanol–water partition coefficient (Wildman–Crippen LogP) is 0.866. The van der Waals surface area contributed by atoms with E-state index in [-0.39, 0.29) is 4.90 Å². The minimum atomic E-state index is -3.43. The van der Waals surface area contributed by atoms with Crippen LogP contribution in [0.4, 0.5) is 0 Å². The third-order valence-electron chi connectivity index (χ3n) is 3.44. The number of sulfonamides is 1. The standard InChI is InChI=1S/C13H20ClN3O2S/c1-16-8-10-17(11-9-16)7-6-15-20(18,19)13-4-2-12(14)3-5-13/h2-5,15H,6-11H2,1H3. The van der Waals surface area contributed by atoms with Gasteiger partial charge in [-0.15, -0.1) is 0 Å². The molecule has 0 aromatic heterocycles. The van der Waals surface area contributed by atoms with Crippen LogP contribution in [0.15, 0.2) is 29.2 Å². The molecule has 2 rings (SSSR count). The Bertz CT molecular complexity index is 525. The fraction of sp³-hybridized carbons (Fsp3) is 0.538. The molecule has 0 saturated carbocycles. The van der Waals surface area contributed by atoms with Gasteiger partial charge in [0.25, 0.3) is 0 Å². The minimum Gasteiger partial charge on any atom is -0.304 e. The van der Waals surface area contributed by atoms with Crippen molar-refractivity contribution in [3.8, 4) is 0 Å². The molecular weight excluding hydrogens is 298 g/mol. The van der Waals surface area contributed by atoms with E-state index >= 15 is 0 Å². The maximum atomic E-state index is 12.1. The number of hydrogen-bond donors (Lipinski definition) is 1. The first-order chi connectivity index (χ1) is 9.47. The molecule has 7 heteroatoms. The van der Waals surface area contributed by atoms with Gasteiger partial charge in [-0.25, -0.2) is 13.1 Å². The monoisotopic (exact) mass is 317 g/mol. The van der Waals surface area contributed by atoms with Gasteiger partial charge in [-0.3, -0.25) is 4.90 Å². The summed E-state index contributed by atoms with van der Waals surface area (Å²) in [5, 5.41) is 0.529. The zero-order chi connectivity index (χ0) is 14.6. The lowest BCUT2D eigenvalue weighted by molar-refractivity contribution is 0.156. The van der Waals surface area contributed by atoms with E-state index in [1.54, 1.807) is 12.1 Å². The summed E-state index contributed by atoms with van der Waals surface area (Å²) in [6.45, 7) is 5.20. The summed E-state index contributed by atoms with van der Waals surface area (Å²) in [5.74, 6) is 0. The summed E-state index contributed by atoms with van der Waals surface area (Å²) in [6.07, 6.45) is 0. The number of halogens is 1. The van der Waals surface area contributed by atoms with Crippen LogP contribution in [0, 0.1) is 0 Å². The van der Waals surface area contributed by atoms with E-state index in [2.05, 4.69) is 21.6 Å². The second kappa shape index (κ2) is 6.87. The molecule has 5 nitrogen and oxygen atoms in total. The molecule has 1 aromatic rings. The Morgan fingerprint density at radius 1 is 1.15 bits per heavy atom. The predicted molar refractivity (Wildman–Crippen MR) is 80.6 cm³/mol. The summed E-state index contributed by atoms with van der Waals surface area (Å²) in [5.41, 5.74) is 0. The van der Waals surface area contributed by atoms with Gasteiger partial charge < -0.3 is 4.90 Å². The van der Waals surface area contributed by atoms with E-state index in [0.717, 1.165) is 32.7 Å². The molecular formula is C13H20ClN3O2S. The third kappa shape index (κ3) is 4.43. The molecule has 0 atom stereocenters. The fourth-order valence-electron chi connectivity index (χ4n) is 2.11. The number of nitrogens with zero attached hydrogens (tertiary/aromatic N) is 2. The minimum absolute atomic E-state index is 0.250. The molecule has 1 aliphatic heterocycles. The highest BCUT2D eigenvalue weighted by atomic mass is 35.5. The van der Waals surface area contributed by atoms with Crippen LogP contribution in [0.5, 0.6) is 0 Å². The van der Waals surface area contributed by atoms with Crippen LogP contribution < -0.4 is 4.72 Å². The Labute approximate surface area is 125 Å². The average Bonchev–Trinajstić information content (AvgIpc) is 2.41. The molecule has 0 unspecified atom stereocenters. The lowest BCUT2D eigenvalue weighted by Crippen LogP contribution is -2.46. The number of nitrogens with one attached hydrogen (secondary N) is 1. The highest BCUT2D eigenvalue weighted by Gasteiger charge is 2.16. The van der Waals surface area contributed by atoms with Crippen LogP contribution in [-0.2, 0) is 10.0 Å². The number of rotatable bonds is 5. The first kappa shape index (κ1) is 15.7. The molecule has 112 valence electrons. The van der Waals surface area contributed by atoms with Crippen molar-refractivity contribution in [2.24, 2.45) is 0 Å². The van der Waals surface area contributed by atoms with Crippen molar-refractivity contribution in [1.82, 2.24) is 14.5 Å². The van der Waals surface area contributed by atoms with Crippen LogP contribution in [0.2, 0.25) is 5.02 Å². The van der Waals surface area contributed by atoms with Gasteiger partial charge in [0.2, 0.25) is 10.0 Å². The van der Waals surface area contributed by atoms with Crippen LogP contribution in [0.3, 0.4) is 0 Å². The van der Waals surface area contributed by atoms with Crippen LogP contribution in [0.25, 0.3) is 0 Å². The Balaban J connectivity index is 1.82. The molecule has 1 N–H and O–H groups in total. The summed E-state index contributed by atoms with van der Waals surface area (Å²) >= 11 is 5.75. The zero-order valence-corrected chi connectivity index (χ0v) is 13.1. The highest BCUT2D eigenvalue weighted by molar-refractivity contribution is 7.89. The van der Waals surface area contributed by atoms with Crippen molar-refractivity contribution in [3.63, 3.8) is 0 Å². The normalized spacial score (nSPS) is 18.3. The van der Waals surface area contributed by atoms with Gasteiger partial charge in [-0.05, 0) is 31.3 Å². The largest absolute Gasteiger partial charge is 0.304 e. The van der Waals surface area contributed by atoms with Gasteiger partial charge >= 0.3 is 0 Å². The number of likely N-dealkylation sites (N-methyl/N-ethyl adjacent to an activating group) is 1. The molecule has 1 fully saturated rings. The van der Waals surface area contributed by atoms with E-state index in [4.69, 9.17) is 11.6 Å². The van der Waals surface area contributed by atoms with Crippen molar-refractivity contribution < 1.29 is 8.42 Å². The van der Waals surface area contributed by atoms with E-state index in [9.17, 15) is 8.42 Å². The van der Waals surface area contributed by atoms with Gasteiger partial charge in [-0.1, -0.05) is 11.6 Å². The molecule has 1 aromatic carbocycles. The Morgan fingerprint density at radius 3 is 2.35 bits per heavy atom. The summed E-state index contributed by atoms with van der Waals surface area (Å²) < 4.78 is 26.7. The topological polar surface area (TPSA) is 52.6 Å². The van der Waals surface area contributed by atoms with E-state index < -0.39 is 10.0 Å². The molecule has 0 amide bonds. The molecule has 1 saturated heterocycles. The lowest BCUT2D eigenvalue weighted by atomic mass is 10.3. The van der Waals surface area contributed by atoms with Gasteiger partial charge in [0.05, 0.1) is 4.90 Å². The quantitative estimate of drug-likeness (QED) is 0.875.